The fourth-order valence-corrected chi connectivity index (χ4v) is 3.83. The number of amides is 1. The zero-order valence-corrected chi connectivity index (χ0v) is 17.7. The highest BCUT2D eigenvalue weighted by molar-refractivity contribution is 6.46. The number of halogens is 3. The number of hydrogen-bond acceptors (Lipinski definition) is 5. The summed E-state index contributed by atoms with van der Waals surface area (Å²) in [5.41, 5.74) is 11.1. The molecular weight excluding hydrogens is 421 g/mol. The van der Waals surface area contributed by atoms with Crippen LogP contribution in [0, 0.1) is 0 Å². The molecule has 2 aromatic rings. The number of nitrogens with two attached hydrogens (primary N) is 1. The third kappa shape index (κ3) is 3.43. The van der Waals surface area contributed by atoms with E-state index in [1.165, 1.54) is 11.8 Å². The van der Waals surface area contributed by atoms with E-state index < -0.39 is 5.91 Å². The summed E-state index contributed by atoms with van der Waals surface area (Å²) >= 11 is 17.7. The Morgan fingerprint density at radius 2 is 1.93 bits per heavy atom. The quantitative estimate of drug-likeness (QED) is 0.415. The van der Waals surface area contributed by atoms with Crippen molar-refractivity contribution >= 4 is 58.3 Å². The maximum Gasteiger partial charge on any atom is 0.291 e. The van der Waals surface area contributed by atoms with Crippen LogP contribution in [0.5, 0.6) is 0 Å². The second kappa shape index (κ2) is 7.62. The van der Waals surface area contributed by atoms with Crippen LogP contribution in [0.3, 0.4) is 0 Å². The van der Waals surface area contributed by atoms with Gasteiger partial charge in [-0.3, -0.25) is 4.79 Å². The van der Waals surface area contributed by atoms with Crippen LogP contribution >= 0.6 is 34.8 Å². The Bertz CT molecular complexity index is 1020. The first-order valence-corrected chi connectivity index (χ1v) is 9.47. The molecule has 0 bridgehead atoms. The first-order valence-electron chi connectivity index (χ1n) is 8.33. The molecule has 0 fully saturated rings. The normalized spacial score (nSPS) is 16.6. The lowest BCUT2D eigenvalue weighted by Crippen LogP contribution is -2.23. The molecular formula is C19H18Cl3N5O. The largest absolute Gasteiger partial charge is 0.396 e. The predicted octanol–water partition coefficient (Wildman–Crippen LogP) is 4.65. The Hall–Kier alpha value is -2.28. The van der Waals surface area contributed by atoms with Gasteiger partial charge in [0.1, 0.15) is 5.02 Å². The Morgan fingerprint density at radius 1 is 1.25 bits per heavy atom. The topological polar surface area (TPSA) is 83.6 Å². The van der Waals surface area contributed by atoms with E-state index in [-0.39, 0.29) is 32.0 Å². The number of nitrogens with zero attached hydrogens (tertiary/aromatic N) is 3. The fraction of sp³-hybridized carbons (Fsp3) is 0.211. The SMILES string of the molecule is CN1/C(=C/C=N/NC(=O)c2nc(Cl)c(Cl)c(N)c2Cl)C(C)(C)c2ccccc21. The van der Waals surface area contributed by atoms with Gasteiger partial charge in [0.2, 0.25) is 0 Å². The molecule has 146 valence electrons. The summed E-state index contributed by atoms with van der Waals surface area (Å²) < 4.78 is 0. The number of allylic oxidation sites excluding steroid dienone is 2. The summed E-state index contributed by atoms with van der Waals surface area (Å²) in [6.45, 7) is 4.27. The van der Waals surface area contributed by atoms with Crippen molar-refractivity contribution < 1.29 is 4.79 Å². The van der Waals surface area contributed by atoms with E-state index in [1.807, 2.05) is 25.3 Å². The average molecular weight is 439 g/mol. The van der Waals surface area contributed by atoms with Crippen molar-refractivity contribution in [3.05, 3.63) is 62.5 Å². The number of hydrazone groups is 1. The molecule has 0 unspecified atom stereocenters. The summed E-state index contributed by atoms with van der Waals surface area (Å²) in [5, 5.41) is 3.77. The van der Waals surface area contributed by atoms with Crippen molar-refractivity contribution in [3.8, 4) is 0 Å². The van der Waals surface area contributed by atoms with E-state index in [0.29, 0.717) is 0 Å². The highest BCUT2D eigenvalue weighted by atomic mass is 35.5. The van der Waals surface area contributed by atoms with Crippen LogP contribution in [-0.2, 0) is 5.41 Å². The molecule has 3 N–H and O–H groups in total. The van der Waals surface area contributed by atoms with Gasteiger partial charge in [-0.05, 0) is 17.7 Å². The van der Waals surface area contributed by atoms with Crippen molar-refractivity contribution in [1.29, 1.82) is 0 Å². The van der Waals surface area contributed by atoms with E-state index in [1.54, 1.807) is 0 Å². The number of nitrogens with one attached hydrogen (secondary N) is 1. The fourth-order valence-electron chi connectivity index (χ4n) is 3.24. The Morgan fingerprint density at radius 3 is 2.61 bits per heavy atom. The van der Waals surface area contributed by atoms with Crippen molar-refractivity contribution in [2.24, 2.45) is 5.10 Å². The molecule has 1 amide bonds. The van der Waals surface area contributed by atoms with E-state index in [4.69, 9.17) is 40.5 Å². The minimum atomic E-state index is -0.646. The van der Waals surface area contributed by atoms with Crippen LogP contribution in [0.25, 0.3) is 0 Å². The Balaban J connectivity index is 1.79. The van der Waals surface area contributed by atoms with Crippen LogP contribution in [0.2, 0.25) is 15.2 Å². The molecule has 3 rings (SSSR count). The lowest BCUT2D eigenvalue weighted by atomic mass is 9.84. The summed E-state index contributed by atoms with van der Waals surface area (Å²) in [6.07, 6.45) is 3.35. The van der Waals surface area contributed by atoms with Crippen molar-refractivity contribution in [3.63, 3.8) is 0 Å². The van der Waals surface area contributed by atoms with Gasteiger partial charge < -0.3 is 10.6 Å². The van der Waals surface area contributed by atoms with E-state index in [2.05, 4.69) is 46.4 Å². The molecule has 0 saturated carbocycles. The van der Waals surface area contributed by atoms with Crippen LogP contribution in [0.4, 0.5) is 11.4 Å². The molecule has 9 heteroatoms. The molecule has 0 radical (unpaired) electrons. The second-order valence-electron chi connectivity index (χ2n) is 6.77. The van der Waals surface area contributed by atoms with Gasteiger partial charge in [-0.25, -0.2) is 10.4 Å². The molecule has 2 heterocycles. The average Bonchev–Trinajstić information content (AvgIpc) is 2.86. The summed E-state index contributed by atoms with van der Waals surface area (Å²) in [6, 6.07) is 8.20. The minimum absolute atomic E-state index is 0.00233. The molecule has 0 atom stereocenters. The van der Waals surface area contributed by atoms with Gasteiger partial charge in [0.05, 0.1) is 10.7 Å². The molecule has 1 aromatic heterocycles. The molecule has 6 nitrogen and oxygen atoms in total. The van der Waals surface area contributed by atoms with Crippen LogP contribution < -0.4 is 16.1 Å². The monoisotopic (exact) mass is 437 g/mol. The third-order valence-corrected chi connectivity index (χ3v) is 5.84. The number of benzene rings is 1. The number of likely N-dealkylation sites (N-methyl/N-ethyl adjacent to an activating group) is 1. The number of fused-ring (bicyclic) bond motifs is 1. The number of anilines is 2. The molecule has 28 heavy (non-hydrogen) atoms. The molecule has 1 aromatic carbocycles. The van der Waals surface area contributed by atoms with Gasteiger partial charge in [-0.2, -0.15) is 5.10 Å². The lowest BCUT2D eigenvalue weighted by molar-refractivity contribution is 0.0950. The molecule has 1 aliphatic heterocycles. The first kappa shape index (κ1) is 20.5. The summed E-state index contributed by atoms with van der Waals surface area (Å²) in [5.74, 6) is -0.646. The number of pyridine rings is 1. The van der Waals surface area contributed by atoms with Gasteiger partial charge in [0, 0.05) is 30.1 Å². The van der Waals surface area contributed by atoms with Gasteiger partial charge in [-0.15, -0.1) is 0 Å². The zero-order chi connectivity index (χ0) is 20.6. The minimum Gasteiger partial charge on any atom is -0.396 e. The number of carbonyl (C=O) groups excluding carboxylic acids is 1. The molecule has 1 aliphatic rings. The number of aromatic nitrogens is 1. The first-order chi connectivity index (χ1) is 13.2. The zero-order valence-electron chi connectivity index (χ0n) is 15.4. The summed E-state index contributed by atoms with van der Waals surface area (Å²) in [4.78, 5) is 18.2. The highest BCUT2D eigenvalue weighted by Crippen LogP contribution is 2.46. The maximum absolute atomic E-state index is 12.3. The van der Waals surface area contributed by atoms with Crippen LogP contribution in [0.1, 0.15) is 29.9 Å². The van der Waals surface area contributed by atoms with E-state index in [9.17, 15) is 4.79 Å². The van der Waals surface area contributed by atoms with E-state index in [0.717, 1.165) is 11.4 Å². The number of nitrogen functional groups attached to an aromatic ring is 1. The predicted molar refractivity (Wildman–Crippen MR) is 116 cm³/mol. The second-order valence-corrected chi connectivity index (χ2v) is 7.88. The number of rotatable bonds is 3. The van der Waals surface area contributed by atoms with Crippen LogP contribution in [0.15, 0.2) is 41.1 Å². The molecule has 0 spiro atoms. The number of para-hydroxylation sites is 1. The Labute approximate surface area is 178 Å². The molecule has 0 aliphatic carbocycles. The lowest BCUT2D eigenvalue weighted by Gasteiger charge is -2.23. The van der Waals surface area contributed by atoms with Gasteiger partial charge >= 0.3 is 0 Å². The van der Waals surface area contributed by atoms with Gasteiger partial charge in [0.15, 0.2) is 10.8 Å². The smallest absolute Gasteiger partial charge is 0.291 e. The van der Waals surface area contributed by atoms with Crippen molar-refractivity contribution in [1.82, 2.24) is 10.4 Å². The molecule has 0 saturated heterocycles. The third-order valence-electron chi connectivity index (χ3n) is 4.70. The summed E-state index contributed by atoms with van der Waals surface area (Å²) in [7, 11) is 1.99. The van der Waals surface area contributed by atoms with Crippen LogP contribution in [-0.4, -0.2) is 24.2 Å². The maximum atomic E-state index is 12.3. The number of carbonyl (C=O) groups is 1. The van der Waals surface area contributed by atoms with Crippen molar-refractivity contribution in [2.45, 2.75) is 19.3 Å². The van der Waals surface area contributed by atoms with Gasteiger partial charge in [-0.1, -0.05) is 66.8 Å². The van der Waals surface area contributed by atoms with Crippen molar-refractivity contribution in [2.75, 3.05) is 17.7 Å². The standard InChI is InChI=1S/C19H18Cl3N5O/c1-19(2)10-6-4-5-7-11(10)27(3)12(19)8-9-24-26-18(28)16-13(20)15(23)14(21)17(22)25-16/h4-9H,1-3H3,(H2,23,25)(H,26,28)/b12-8+,24-9+. The van der Waals surface area contributed by atoms with Gasteiger partial charge in [0.25, 0.3) is 5.91 Å². The number of hydrogen-bond donors (Lipinski definition) is 2. The highest BCUT2D eigenvalue weighted by Gasteiger charge is 2.37. The Kier molecular flexibility index (Phi) is 5.57. The van der Waals surface area contributed by atoms with E-state index >= 15 is 0 Å².